The first-order valence-electron chi connectivity index (χ1n) is 5.51. The summed E-state index contributed by atoms with van der Waals surface area (Å²) >= 11 is 5.01. The number of halogens is 1. The Kier molecular flexibility index (Phi) is 4.25. The number of aromatic nitrogens is 2. The molecule has 1 atom stereocenters. The second kappa shape index (κ2) is 5.71. The lowest BCUT2D eigenvalue weighted by atomic mass is 10.2. The summed E-state index contributed by atoms with van der Waals surface area (Å²) in [5.41, 5.74) is 2.00. The lowest BCUT2D eigenvalue weighted by Crippen LogP contribution is -2.17. The van der Waals surface area contributed by atoms with Gasteiger partial charge in [-0.05, 0) is 41.5 Å². The maximum atomic E-state index is 4.61. The van der Waals surface area contributed by atoms with Crippen molar-refractivity contribution in [1.82, 2.24) is 15.3 Å². The maximum Gasteiger partial charge on any atom is 0.142 e. The molecule has 0 saturated heterocycles. The average molecular weight is 312 g/mol. The van der Waals surface area contributed by atoms with Gasteiger partial charge in [-0.1, -0.05) is 6.92 Å². The quantitative estimate of drug-likeness (QED) is 0.936. The number of nitrogens with zero attached hydrogens (tertiary/aromatic N) is 2. The third-order valence-corrected chi connectivity index (χ3v) is 3.77. The Morgan fingerprint density at radius 3 is 2.94 bits per heavy atom. The summed E-state index contributed by atoms with van der Waals surface area (Å²) in [5, 5.41) is 6.41. The monoisotopic (exact) mass is 311 g/mol. The van der Waals surface area contributed by atoms with E-state index in [1.54, 1.807) is 17.5 Å². The van der Waals surface area contributed by atoms with E-state index in [0.717, 1.165) is 27.4 Å². The van der Waals surface area contributed by atoms with E-state index in [2.05, 4.69) is 50.4 Å². The lowest BCUT2D eigenvalue weighted by molar-refractivity contribution is 0.587. The number of rotatable bonds is 4. The Bertz CT molecular complexity index is 481. The molecule has 1 unspecified atom stereocenters. The summed E-state index contributed by atoms with van der Waals surface area (Å²) in [6, 6.07) is 4.25. The van der Waals surface area contributed by atoms with E-state index in [1.165, 1.54) is 0 Å². The fourth-order valence-corrected chi connectivity index (χ4v) is 2.64. The van der Waals surface area contributed by atoms with E-state index in [9.17, 15) is 0 Å². The molecule has 2 aromatic rings. The smallest absolute Gasteiger partial charge is 0.142 e. The summed E-state index contributed by atoms with van der Waals surface area (Å²) in [5.74, 6) is 0. The van der Waals surface area contributed by atoms with E-state index >= 15 is 0 Å². The lowest BCUT2D eigenvalue weighted by Gasteiger charge is -2.08. The van der Waals surface area contributed by atoms with Crippen LogP contribution in [-0.4, -0.2) is 16.5 Å². The van der Waals surface area contributed by atoms with Crippen LogP contribution in [0.5, 0.6) is 0 Å². The van der Waals surface area contributed by atoms with Crippen LogP contribution in [0.25, 0.3) is 10.7 Å². The first-order valence-corrected chi connectivity index (χ1v) is 7.18. The zero-order chi connectivity index (χ0) is 12.3. The first-order chi connectivity index (χ1) is 8.20. The zero-order valence-corrected chi connectivity index (χ0v) is 12.2. The number of pyridine rings is 1. The third kappa shape index (κ3) is 3.12. The molecule has 3 nitrogen and oxygen atoms in total. The van der Waals surface area contributed by atoms with Crippen LogP contribution in [0.1, 0.15) is 25.6 Å². The SMILES string of the molecule is CCNC(C)c1csc(-c2ccc(Br)cn2)n1. The Morgan fingerprint density at radius 2 is 2.29 bits per heavy atom. The van der Waals surface area contributed by atoms with Gasteiger partial charge in [0.25, 0.3) is 0 Å². The molecule has 0 aromatic carbocycles. The van der Waals surface area contributed by atoms with Gasteiger partial charge < -0.3 is 5.32 Å². The zero-order valence-electron chi connectivity index (χ0n) is 9.77. The molecule has 0 aliphatic carbocycles. The fourth-order valence-electron chi connectivity index (χ4n) is 1.52. The van der Waals surface area contributed by atoms with Crippen molar-refractivity contribution in [2.45, 2.75) is 19.9 Å². The third-order valence-electron chi connectivity index (χ3n) is 2.42. The highest BCUT2D eigenvalue weighted by molar-refractivity contribution is 9.10. The second-order valence-corrected chi connectivity index (χ2v) is 5.49. The van der Waals surface area contributed by atoms with Gasteiger partial charge in [0.2, 0.25) is 0 Å². The molecular weight excluding hydrogens is 298 g/mol. The molecule has 1 N–H and O–H groups in total. The van der Waals surface area contributed by atoms with Crippen LogP contribution in [0.15, 0.2) is 28.2 Å². The van der Waals surface area contributed by atoms with Crippen molar-refractivity contribution in [3.05, 3.63) is 33.9 Å². The molecule has 5 heteroatoms. The number of thiazole rings is 1. The van der Waals surface area contributed by atoms with E-state index in [-0.39, 0.29) is 0 Å². The predicted molar refractivity (Wildman–Crippen MR) is 75.1 cm³/mol. The Morgan fingerprint density at radius 1 is 1.47 bits per heavy atom. The van der Waals surface area contributed by atoms with Crippen molar-refractivity contribution in [2.24, 2.45) is 0 Å². The second-order valence-electron chi connectivity index (χ2n) is 3.72. The molecule has 0 aliphatic heterocycles. The van der Waals surface area contributed by atoms with Crippen LogP contribution >= 0.6 is 27.3 Å². The largest absolute Gasteiger partial charge is 0.309 e. The van der Waals surface area contributed by atoms with Crippen molar-refractivity contribution in [2.75, 3.05) is 6.54 Å². The van der Waals surface area contributed by atoms with E-state index in [1.807, 2.05) is 12.1 Å². The van der Waals surface area contributed by atoms with Crippen molar-refractivity contribution in [3.8, 4) is 10.7 Å². The molecule has 0 aliphatic rings. The van der Waals surface area contributed by atoms with Gasteiger partial charge in [0, 0.05) is 22.1 Å². The summed E-state index contributed by atoms with van der Waals surface area (Å²) in [6.45, 7) is 5.17. The molecule has 0 amide bonds. The van der Waals surface area contributed by atoms with Gasteiger partial charge >= 0.3 is 0 Å². The number of hydrogen-bond acceptors (Lipinski definition) is 4. The molecule has 0 spiro atoms. The van der Waals surface area contributed by atoms with Crippen LogP contribution in [0.4, 0.5) is 0 Å². The molecule has 0 saturated carbocycles. The predicted octanol–water partition coefficient (Wildman–Crippen LogP) is 3.64. The molecular formula is C12H14BrN3S. The number of hydrogen-bond donors (Lipinski definition) is 1. The molecule has 2 aromatic heterocycles. The number of nitrogens with one attached hydrogen (secondary N) is 1. The topological polar surface area (TPSA) is 37.8 Å². The van der Waals surface area contributed by atoms with Crippen LogP contribution < -0.4 is 5.32 Å². The van der Waals surface area contributed by atoms with Gasteiger partial charge in [0.05, 0.1) is 11.4 Å². The molecule has 0 fully saturated rings. The Hall–Kier alpha value is -0.780. The minimum absolute atomic E-state index is 0.292. The van der Waals surface area contributed by atoms with Crippen molar-refractivity contribution >= 4 is 27.3 Å². The Balaban J connectivity index is 2.20. The molecule has 17 heavy (non-hydrogen) atoms. The molecule has 0 bridgehead atoms. The van der Waals surface area contributed by atoms with Crippen molar-refractivity contribution in [1.29, 1.82) is 0 Å². The normalized spacial score (nSPS) is 12.6. The average Bonchev–Trinajstić information content (AvgIpc) is 2.80. The molecule has 2 heterocycles. The summed E-state index contributed by atoms with van der Waals surface area (Å²) < 4.78 is 0.985. The van der Waals surface area contributed by atoms with Crippen LogP contribution in [-0.2, 0) is 0 Å². The van der Waals surface area contributed by atoms with Crippen LogP contribution in [0.3, 0.4) is 0 Å². The minimum Gasteiger partial charge on any atom is -0.309 e. The molecule has 0 radical (unpaired) electrons. The van der Waals surface area contributed by atoms with E-state index < -0.39 is 0 Å². The van der Waals surface area contributed by atoms with Gasteiger partial charge in [-0.3, -0.25) is 4.98 Å². The van der Waals surface area contributed by atoms with E-state index in [0.29, 0.717) is 6.04 Å². The van der Waals surface area contributed by atoms with Crippen molar-refractivity contribution in [3.63, 3.8) is 0 Å². The van der Waals surface area contributed by atoms with Crippen molar-refractivity contribution < 1.29 is 0 Å². The summed E-state index contributed by atoms with van der Waals surface area (Å²) in [7, 11) is 0. The minimum atomic E-state index is 0.292. The summed E-state index contributed by atoms with van der Waals surface area (Å²) in [6.07, 6.45) is 1.80. The van der Waals surface area contributed by atoms with Gasteiger partial charge in [-0.2, -0.15) is 0 Å². The highest BCUT2D eigenvalue weighted by Crippen LogP contribution is 2.25. The Labute approximate surface area is 113 Å². The highest BCUT2D eigenvalue weighted by atomic mass is 79.9. The van der Waals surface area contributed by atoms with Crippen LogP contribution in [0.2, 0.25) is 0 Å². The highest BCUT2D eigenvalue weighted by Gasteiger charge is 2.10. The van der Waals surface area contributed by atoms with Gasteiger partial charge in [0.15, 0.2) is 0 Å². The summed E-state index contributed by atoms with van der Waals surface area (Å²) in [4.78, 5) is 8.95. The van der Waals surface area contributed by atoms with Gasteiger partial charge in [-0.25, -0.2) is 4.98 Å². The van der Waals surface area contributed by atoms with Crippen LogP contribution in [0, 0.1) is 0 Å². The first kappa shape index (κ1) is 12.7. The molecule has 90 valence electrons. The standard InChI is InChI=1S/C12H14BrN3S/c1-3-14-8(2)11-7-17-12(16-11)10-5-4-9(13)6-15-10/h4-8,14H,3H2,1-2H3. The maximum absolute atomic E-state index is 4.61. The molecule has 2 rings (SSSR count). The fraction of sp³-hybridized carbons (Fsp3) is 0.333. The van der Waals surface area contributed by atoms with E-state index in [4.69, 9.17) is 0 Å². The van der Waals surface area contributed by atoms with Gasteiger partial charge in [0.1, 0.15) is 5.01 Å². The van der Waals surface area contributed by atoms with Gasteiger partial charge in [-0.15, -0.1) is 11.3 Å².